The first-order valence-corrected chi connectivity index (χ1v) is 14.4. The Morgan fingerprint density at radius 3 is 2.42 bits per heavy atom. The van der Waals surface area contributed by atoms with E-state index in [1.165, 1.54) is 35.6 Å². The summed E-state index contributed by atoms with van der Waals surface area (Å²) >= 11 is 12.5. The SMILES string of the molecule is CCOC(=O)c1cc(Cc2ccccc2)sc1NC(=S)Nc1ccc(S(=O)(=O)Nc2ccc(Cl)nn2)cc1. The van der Waals surface area contributed by atoms with Crippen molar-refractivity contribution in [2.24, 2.45) is 0 Å². The number of halogens is 1. The van der Waals surface area contributed by atoms with E-state index in [0.717, 1.165) is 10.4 Å². The minimum Gasteiger partial charge on any atom is -0.462 e. The zero-order valence-corrected chi connectivity index (χ0v) is 23.2. The molecule has 0 spiro atoms. The Bertz CT molecular complexity index is 1530. The van der Waals surface area contributed by atoms with Gasteiger partial charge in [-0.1, -0.05) is 41.9 Å². The number of thiocarbonyl (C=S) groups is 1. The fourth-order valence-corrected chi connectivity index (χ4v) is 5.79. The van der Waals surface area contributed by atoms with E-state index in [-0.39, 0.29) is 27.6 Å². The predicted molar refractivity (Wildman–Crippen MR) is 154 cm³/mol. The van der Waals surface area contributed by atoms with Gasteiger partial charge in [0.15, 0.2) is 16.1 Å². The lowest BCUT2D eigenvalue weighted by Gasteiger charge is -2.12. The highest BCUT2D eigenvalue weighted by molar-refractivity contribution is 7.92. The van der Waals surface area contributed by atoms with Gasteiger partial charge in [-0.25, -0.2) is 13.2 Å². The molecule has 0 atom stereocenters. The van der Waals surface area contributed by atoms with Gasteiger partial charge < -0.3 is 15.4 Å². The Morgan fingerprint density at radius 1 is 1.03 bits per heavy atom. The Morgan fingerprint density at radius 2 is 1.76 bits per heavy atom. The van der Waals surface area contributed by atoms with Crippen molar-refractivity contribution >= 4 is 72.8 Å². The van der Waals surface area contributed by atoms with Crippen LogP contribution in [-0.4, -0.2) is 36.3 Å². The number of carbonyl (C=O) groups is 1. The third-order valence-corrected chi connectivity index (χ3v) is 7.85. The standard InChI is InChI=1S/C25H22ClN5O4S3/c1-2-35-24(32)20-15-18(14-16-6-4-3-5-7-16)37-23(20)28-25(36)27-17-8-10-19(11-9-17)38(33,34)31-22-13-12-21(26)29-30-22/h3-13,15H,2,14H2,1H3,(H,30,31)(H2,27,28,36). The first-order chi connectivity index (χ1) is 18.2. The first-order valence-electron chi connectivity index (χ1n) is 11.3. The normalized spacial score (nSPS) is 11.0. The van der Waals surface area contributed by atoms with E-state index in [1.807, 2.05) is 30.3 Å². The predicted octanol–water partition coefficient (Wildman–Crippen LogP) is 5.57. The molecule has 0 amide bonds. The number of benzene rings is 2. The fourth-order valence-electron chi connectivity index (χ4n) is 3.33. The van der Waals surface area contributed by atoms with E-state index in [4.69, 9.17) is 28.6 Å². The molecule has 0 bridgehead atoms. The van der Waals surface area contributed by atoms with Gasteiger partial charge in [0.05, 0.1) is 17.1 Å². The maximum Gasteiger partial charge on any atom is 0.341 e. The van der Waals surface area contributed by atoms with Crippen molar-refractivity contribution in [2.45, 2.75) is 18.2 Å². The molecule has 0 aliphatic rings. The summed E-state index contributed by atoms with van der Waals surface area (Å²) < 4.78 is 32.8. The molecule has 4 aromatic rings. The van der Waals surface area contributed by atoms with Gasteiger partial charge in [-0.05, 0) is 67.2 Å². The van der Waals surface area contributed by atoms with Crippen molar-refractivity contribution in [1.29, 1.82) is 0 Å². The molecule has 13 heteroatoms. The summed E-state index contributed by atoms with van der Waals surface area (Å²) in [6.45, 7) is 2.00. The van der Waals surface area contributed by atoms with E-state index < -0.39 is 16.0 Å². The van der Waals surface area contributed by atoms with Crippen LogP contribution in [0.25, 0.3) is 0 Å². The van der Waals surface area contributed by atoms with Crippen LogP contribution in [-0.2, 0) is 21.2 Å². The summed E-state index contributed by atoms with van der Waals surface area (Å²) in [4.78, 5) is 13.5. The van der Waals surface area contributed by atoms with Gasteiger partial charge in [0, 0.05) is 17.0 Å². The fraction of sp³-hybridized carbons (Fsp3) is 0.120. The molecule has 196 valence electrons. The third-order valence-electron chi connectivity index (χ3n) is 5.02. The molecule has 2 heterocycles. The third kappa shape index (κ3) is 7.25. The number of hydrogen-bond acceptors (Lipinski definition) is 8. The zero-order valence-electron chi connectivity index (χ0n) is 20.0. The Labute approximate surface area is 234 Å². The largest absolute Gasteiger partial charge is 0.462 e. The number of thiophene rings is 1. The number of sulfonamides is 1. The lowest BCUT2D eigenvalue weighted by Crippen LogP contribution is -2.20. The second kappa shape index (κ2) is 12.3. The molecule has 0 fully saturated rings. The molecule has 0 aliphatic carbocycles. The molecule has 4 rings (SSSR count). The zero-order chi connectivity index (χ0) is 27.1. The van der Waals surface area contributed by atoms with Crippen LogP contribution in [0.15, 0.2) is 77.7 Å². The van der Waals surface area contributed by atoms with Crippen molar-refractivity contribution in [3.8, 4) is 0 Å². The minimum absolute atomic E-state index is 0.0204. The van der Waals surface area contributed by atoms with Crippen LogP contribution in [0.5, 0.6) is 0 Å². The first kappa shape index (κ1) is 27.5. The molecule has 2 aromatic carbocycles. The number of aromatic nitrogens is 2. The summed E-state index contributed by atoms with van der Waals surface area (Å²) in [6, 6.07) is 20.5. The van der Waals surface area contributed by atoms with Crippen molar-refractivity contribution < 1.29 is 17.9 Å². The molecule has 9 nitrogen and oxygen atoms in total. The lowest BCUT2D eigenvalue weighted by atomic mass is 10.1. The highest BCUT2D eigenvalue weighted by atomic mass is 35.5. The molecule has 2 aromatic heterocycles. The van der Waals surface area contributed by atoms with Crippen LogP contribution < -0.4 is 15.4 Å². The molecule has 38 heavy (non-hydrogen) atoms. The van der Waals surface area contributed by atoms with E-state index in [1.54, 1.807) is 25.1 Å². The molecule has 0 saturated heterocycles. The monoisotopic (exact) mass is 587 g/mol. The van der Waals surface area contributed by atoms with Gasteiger partial charge in [-0.2, -0.15) is 0 Å². The van der Waals surface area contributed by atoms with Crippen LogP contribution in [0.2, 0.25) is 5.15 Å². The van der Waals surface area contributed by atoms with E-state index >= 15 is 0 Å². The highest BCUT2D eigenvalue weighted by Gasteiger charge is 2.19. The van der Waals surface area contributed by atoms with Crippen LogP contribution >= 0.6 is 35.2 Å². The van der Waals surface area contributed by atoms with Gasteiger partial charge in [0.2, 0.25) is 0 Å². The maximum atomic E-state index is 12.6. The number of hydrogen-bond donors (Lipinski definition) is 3. The van der Waals surface area contributed by atoms with E-state index in [9.17, 15) is 13.2 Å². The second-order valence-corrected chi connectivity index (χ2v) is 11.4. The summed E-state index contributed by atoms with van der Waals surface area (Å²) in [5, 5.41) is 14.3. The molecule has 0 aliphatic heterocycles. The molecular weight excluding hydrogens is 566 g/mol. The average molecular weight is 588 g/mol. The minimum atomic E-state index is -3.89. The van der Waals surface area contributed by atoms with Crippen LogP contribution in [0.4, 0.5) is 16.5 Å². The van der Waals surface area contributed by atoms with Gasteiger partial charge in [0.1, 0.15) is 5.00 Å². The van der Waals surface area contributed by atoms with Crippen molar-refractivity contribution in [1.82, 2.24) is 10.2 Å². The number of rotatable bonds is 9. The lowest BCUT2D eigenvalue weighted by molar-refractivity contribution is 0.0528. The number of anilines is 3. The topological polar surface area (TPSA) is 122 Å². The average Bonchev–Trinajstić information content (AvgIpc) is 3.28. The van der Waals surface area contributed by atoms with E-state index in [2.05, 4.69) is 25.6 Å². The Balaban J connectivity index is 1.44. The summed E-state index contributed by atoms with van der Waals surface area (Å²) in [6.07, 6.45) is 0.658. The van der Waals surface area contributed by atoms with Crippen molar-refractivity contribution in [3.63, 3.8) is 0 Å². The number of nitrogens with one attached hydrogen (secondary N) is 3. The molecular formula is C25H22ClN5O4S3. The second-order valence-electron chi connectivity index (χ2n) is 7.79. The summed E-state index contributed by atoms with van der Waals surface area (Å²) in [5.41, 5.74) is 2.06. The summed E-state index contributed by atoms with van der Waals surface area (Å²) in [5.74, 6) is -0.400. The number of esters is 1. The van der Waals surface area contributed by atoms with Crippen molar-refractivity contribution in [3.05, 3.63) is 94.0 Å². The van der Waals surface area contributed by atoms with Crippen LogP contribution in [0, 0.1) is 0 Å². The van der Waals surface area contributed by atoms with Gasteiger partial charge in [-0.15, -0.1) is 21.5 Å². The van der Waals surface area contributed by atoms with Crippen LogP contribution in [0.1, 0.15) is 27.7 Å². The number of nitrogens with zero attached hydrogens (tertiary/aromatic N) is 2. The Hall–Kier alpha value is -3.58. The number of carbonyl (C=O) groups excluding carboxylic acids is 1. The maximum absolute atomic E-state index is 12.6. The van der Waals surface area contributed by atoms with Crippen LogP contribution in [0.3, 0.4) is 0 Å². The highest BCUT2D eigenvalue weighted by Crippen LogP contribution is 2.31. The van der Waals surface area contributed by atoms with Crippen molar-refractivity contribution in [2.75, 3.05) is 22.0 Å². The van der Waals surface area contributed by atoms with Gasteiger partial charge >= 0.3 is 5.97 Å². The smallest absolute Gasteiger partial charge is 0.341 e. The molecule has 0 saturated carbocycles. The quantitative estimate of drug-likeness (QED) is 0.170. The van der Waals surface area contributed by atoms with Gasteiger partial charge in [-0.3, -0.25) is 4.72 Å². The molecule has 0 radical (unpaired) electrons. The number of ether oxygens (including phenoxy) is 1. The van der Waals surface area contributed by atoms with Gasteiger partial charge in [0.25, 0.3) is 10.0 Å². The van der Waals surface area contributed by atoms with E-state index in [0.29, 0.717) is 22.7 Å². The molecule has 0 unspecified atom stereocenters. The Kier molecular flexibility index (Phi) is 8.89. The molecule has 3 N–H and O–H groups in total. The summed E-state index contributed by atoms with van der Waals surface area (Å²) in [7, 11) is -3.89.